The van der Waals surface area contributed by atoms with Gasteiger partial charge in [-0.15, -0.1) is 0 Å². The molecule has 0 radical (unpaired) electrons. The summed E-state index contributed by atoms with van der Waals surface area (Å²) in [5.74, 6) is -0.482. The second-order valence-electron chi connectivity index (χ2n) is 6.31. The van der Waals surface area contributed by atoms with Crippen molar-refractivity contribution < 1.29 is 14.7 Å². The quantitative estimate of drug-likeness (QED) is 0.822. The maximum absolute atomic E-state index is 12.7. The first kappa shape index (κ1) is 14.8. The lowest BCUT2D eigenvalue weighted by molar-refractivity contribution is -0.149. The number of carboxylic acids is 1. The van der Waals surface area contributed by atoms with Crippen molar-refractivity contribution >= 4 is 11.9 Å². The van der Waals surface area contributed by atoms with Crippen LogP contribution in [-0.2, 0) is 15.1 Å². The Morgan fingerprint density at radius 2 is 1.95 bits per heavy atom. The van der Waals surface area contributed by atoms with E-state index in [1.165, 1.54) is 0 Å². The van der Waals surface area contributed by atoms with Crippen molar-refractivity contribution in [3.8, 4) is 0 Å². The highest BCUT2D eigenvalue weighted by Gasteiger charge is 2.45. The number of fused-ring (bicyclic) bond motifs is 2. The van der Waals surface area contributed by atoms with Crippen molar-refractivity contribution in [2.75, 3.05) is 0 Å². The van der Waals surface area contributed by atoms with E-state index in [4.69, 9.17) is 0 Å². The van der Waals surface area contributed by atoms with Crippen LogP contribution < -0.4 is 5.32 Å². The van der Waals surface area contributed by atoms with Gasteiger partial charge in [0.25, 0.3) is 0 Å². The van der Waals surface area contributed by atoms with E-state index in [2.05, 4.69) is 17.5 Å². The Kier molecular flexibility index (Phi) is 3.77. The molecule has 0 heterocycles. The Morgan fingerprint density at radius 1 is 1.23 bits per heavy atom. The molecule has 1 fully saturated rings. The predicted molar refractivity (Wildman–Crippen MR) is 83.0 cm³/mol. The van der Waals surface area contributed by atoms with Crippen LogP contribution in [0.2, 0.25) is 0 Å². The van der Waals surface area contributed by atoms with Crippen LogP contribution in [0.3, 0.4) is 0 Å². The van der Waals surface area contributed by atoms with E-state index in [0.717, 1.165) is 12.8 Å². The maximum atomic E-state index is 12.7. The monoisotopic (exact) mass is 299 g/mol. The van der Waals surface area contributed by atoms with Crippen molar-refractivity contribution in [1.82, 2.24) is 5.32 Å². The molecule has 116 valence electrons. The SMILES string of the molecule is CC[C@](NC(=O)[C@@H]1C[C@H]2C=C[C@H]1C2)(C(=O)O)c1ccccc1. The second-order valence-corrected chi connectivity index (χ2v) is 6.31. The number of nitrogens with one attached hydrogen (secondary N) is 1. The Labute approximate surface area is 130 Å². The van der Waals surface area contributed by atoms with E-state index in [1.54, 1.807) is 31.2 Å². The highest BCUT2D eigenvalue weighted by Crippen LogP contribution is 2.44. The van der Waals surface area contributed by atoms with E-state index < -0.39 is 11.5 Å². The molecule has 4 nitrogen and oxygen atoms in total. The van der Waals surface area contributed by atoms with Crippen LogP contribution in [0.1, 0.15) is 31.7 Å². The van der Waals surface area contributed by atoms with Gasteiger partial charge in [0.1, 0.15) is 0 Å². The van der Waals surface area contributed by atoms with Crippen LogP contribution in [0.25, 0.3) is 0 Å². The highest BCUT2D eigenvalue weighted by atomic mass is 16.4. The molecule has 1 aromatic carbocycles. The summed E-state index contributed by atoms with van der Waals surface area (Å²) in [5, 5.41) is 12.6. The summed E-state index contributed by atoms with van der Waals surface area (Å²) in [6.07, 6.45) is 6.46. The number of carbonyl (C=O) groups is 2. The number of amides is 1. The van der Waals surface area contributed by atoms with E-state index in [9.17, 15) is 14.7 Å². The maximum Gasteiger partial charge on any atom is 0.334 e. The van der Waals surface area contributed by atoms with Gasteiger partial charge in [-0.2, -0.15) is 0 Å². The van der Waals surface area contributed by atoms with Crippen LogP contribution >= 0.6 is 0 Å². The first-order chi connectivity index (χ1) is 10.6. The number of hydrogen-bond donors (Lipinski definition) is 2. The fraction of sp³-hybridized carbons (Fsp3) is 0.444. The molecule has 2 N–H and O–H groups in total. The Balaban J connectivity index is 1.86. The van der Waals surface area contributed by atoms with Crippen LogP contribution in [0.5, 0.6) is 0 Å². The third kappa shape index (κ3) is 2.32. The van der Waals surface area contributed by atoms with Crippen molar-refractivity contribution in [2.24, 2.45) is 17.8 Å². The molecule has 0 aliphatic heterocycles. The molecule has 1 amide bonds. The third-order valence-corrected chi connectivity index (χ3v) is 5.11. The van der Waals surface area contributed by atoms with Gasteiger partial charge in [-0.3, -0.25) is 4.79 Å². The Hall–Kier alpha value is -2.10. The minimum Gasteiger partial charge on any atom is -0.479 e. The lowest BCUT2D eigenvalue weighted by Crippen LogP contribution is -2.53. The lowest BCUT2D eigenvalue weighted by atomic mass is 9.85. The number of allylic oxidation sites excluding steroid dienone is 2. The van der Waals surface area contributed by atoms with Crippen LogP contribution in [0, 0.1) is 17.8 Å². The summed E-state index contributed by atoms with van der Waals surface area (Å²) in [5.41, 5.74) is -0.721. The number of carbonyl (C=O) groups excluding carboxylic acids is 1. The molecule has 0 aromatic heterocycles. The predicted octanol–water partition coefficient (Wildman–Crippen LogP) is 2.70. The van der Waals surface area contributed by atoms with Crippen molar-refractivity contribution in [2.45, 2.75) is 31.7 Å². The molecule has 2 aliphatic rings. The van der Waals surface area contributed by atoms with Gasteiger partial charge in [0, 0.05) is 5.92 Å². The van der Waals surface area contributed by atoms with Crippen molar-refractivity contribution in [3.05, 3.63) is 48.0 Å². The highest BCUT2D eigenvalue weighted by molar-refractivity contribution is 5.89. The molecule has 0 spiro atoms. The fourth-order valence-corrected chi connectivity index (χ4v) is 3.80. The lowest BCUT2D eigenvalue weighted by Gasteiger charge is -2.32. The standard InChI is InChI=1S/C18H21NO3/c1-2-18(17(21)22,14-6-4-3-5-7-14)19-16(20)15-11-12-8-9-13(15)10-12/h3-9,12-13,15H,2,10-11H2,1H3,(H,19,20)(H,21,22)/t12-,13-,15+,18+/m0/s1. The van der Waals surface area contributed by atoms with E-state index in [0.29, 0.717) is 17.9 Å². The van der Waals surface area contributed by atoms with Crippen molar-refractivity contribution in [3.63, 3.8) is 0 Å². The van der Waals surface area contributed by atoms with E-state index in [1.807, 2.05) is 6.07 Å². The number of benzene rings is 1. The molecule has 1 saturated carbocycles. The van der Waals surface area contributed by atoms with Gasteiger partial charge in [-0.25, -0.2) is 4.79 Å². The van der Waals surface area contributed by atoms with Gasteiger partial charge < -0.3 is 10.4 Å². The van der Waals surface area contributed by atoms with E-state index in [-0.39, 0.29) is 17.7 Å². The molecule has 2 aliphatic carbocycles. The number of aliphatic carboxylic acids is 1. The van der Waals surface area contributed by atoms with Crippen molar-refractivity contribution in [1.29, 1.82) is 0 Å². The molecule has 4 heteroatoms. The molecule has 1 aromatic rings. The molecule has 3 rings (SSSR count). The average Bonchev–Trinajstić information content (AvgIpc) is 3.16. The van der Waals surface area contributed by atoms with Gasteiger partial charge in [-0.05, 0) is 36.7 Å². The molecule has 0 unspecified atom stereocenters. The summed E-state index contributed by atoms with van der Waals surface area (Å²) < 4.78 is 0. The van der Waals surface area contributed by atoms with Crippen LogP contribution in [0.4, 0.5) is 0 Å². The molecule has 22 heavy (non-hydrogen) atoms. The van der Waals surface area contributed by atoms with Gasteiger partial charge in [0.15, 0.2) is 5.54 Å². The minimum atomic E-state index is -1.34. The average molecular weight is 299 g/mol. The van der Waals surface area contributed by atoms with Gasteiger partial charge in [0.2, 0.25) is 5.91 Å². The van der Waals surface area contributed by atoms with Crippen LogP contribution in [0.15, 0.2) is 42.5 Å². The molecular weight excluding hydrogens is 278 g/mol. The zero-order chi connectivity index (χ0) is 15.7. The number of hydrogen-bond acceptors (Lipinski definition) is 2. The van der Waals surface area contributed by atoms with Crippen LogP contribution in [-0.4, -0.2) is 17.0 Å². The Morgan fingerprint density at radius 3 is 2.45 bits per heavy atom. The van der Waals surface area contributed by atoms with Gasteiger partial charge >= 0.3 is 5.97 Å². The topological polar surface area (TPSA) is 66.4 Å². The molecule has 0 saturated heterocycles. The summed E-state index contributed by atoms with van der Waals surface area (Å²) in [6, 6.07) is 8.97. The number of rotatable bonds is 5. The third-order valence-electron chi connectivity index (χ3n) is 5.11. The molecular formula is C18H21NO3. The first-order valence-corrected chi connectivity index (χ1v) is 7.86. The van der Waals surface area contributed by atoms with E-state index >= 15 is 0 Å². The second kappa shape index (κ2) is 5.59. The normalized spacial score (nSPS) is 28.3. The zero-order valence-electron chi connectivity index (χ0n) is 12.7. The first-order valence-electron chi connectivity index (χ1n) is 7.86. The van der Waals surface area contributed by atoms with Gasteiger partial charge in [-0.1, -0.05) is 49.4 Å². The summed E-state index contributed by atoms with van der Waals surface area (Å²) in [7, 11) is 0. The summed E-state index contributed by atoms with van der Waals surface area (Å²) >= 11 is 0. The summed E-state index contributed by atoms with van der Waals surface area (Å²) in [6.45, 7) is 1.79. The molecule has 2 bridgehead atoms. The number of carboxylic acid groups (broad SMARTS) is 1. The zero-order valence-corrected chi connectivity index (χ0v) is 12.7. The largest absolute Gasteiger partial charge is 0.479 e. The fourth-order valence-electron chi connectivity index (χ4n) is 3.80. The summed E-state index contributed by atoms with van der Waals surface area (Å²) in [4.78, 5) is 24.6. The molecule has 4 atom stereocenters. The smallest absolute Gasteiger partial charge is 0.334 e. The van der Waals surface area contributed by atoms with Gasteiger partial charge in [0.05, 0.1) is 0 Å². The Bertz CT molecular complexity index is 610. The minimum absolute atomic E-state index is 0.0935.